The van der Waals surface area contributed by atoms with Gasteiger partial charge in [-0.2, -0.15) is 0 Å². The Morgan fingerprint density at radius 1 is 1.00 bits per heavy atom. The lowest BCUT2D eigenvalue weighted by Crippen LogP contribution is -2.20. The number of carbonyl (C=O) groups is 1. The number of hydrogen-bond acceptors (Lipinski definition) is 1. The molecule has 0 fully saturated rings. The molecule has 3 rings (SSSR count). The number of nitrogens with zero attached hydrogens (tertiary/aromatic N) is 1. The lowest BCUT2D eigenvalue weighted by atomic mass is 9.98. The third kappa shape index (κ3) is 4.18. The first-order valence-electron chi connectivity index (χ1n) is 8.74. The van der Waals surface area contributed by atoms with Crippen LogP contribution in [0, 0.1) is 6.92 Å². The summed E-state index contributed by atoms with van der Waals surface area (Å²) in [7, 11) is 0. The number of aryl methyl sites for hydroxylation is 2. The minimum Gasteiger partial charge on any atom is -0.346 e. The van der Waals surface area contributed by atoms with Crippen molar-refractivity contribution in [1.82, 2.24) is 4.57 Å². The van der Waals surface area contributed by atoms with Crippen molar-refractivity contribution in [3.05, 3.63) is 89.7 Å². The average Bonchev–Trinajstić information content (AvgIpc) is 3.15. The first kappa shape index (κ1) is 17.0. The van der Waals surface area contributed by atoms with E-state index in [-0.39, 0.29) is 11.9 Å². The number of rotatable bonds is 6. The molecule has 0 aliphatic heterocycles. The minimum atomic E-state index is -0.00823. The zero-order valence-corrected chi connectivity index (χ0v) is 14.8. The molecule has 3 nitrogen and oxygen atoms in total. The molecule has 1 heterocycles. The molecular formula is C22H24N2O. The van der Waals surface area contributed by atoms with E-state index in [0.717, 1.165) is 12.1 Å². The van der Waals surface area contributed by atoms with Crippen LogP contribution in [0.25, 0.3) is 0 Å². The normalized spacial score (nSPS) is 11.9. The van der Waals surface area contributed by atoms with Crippen molar-refractivity contribution in [1.29, 1.82) is 0 Å². The molecule has 25 heavy (non-hydrogen) atoms. The largest absolute Gasteiger partial charge is 0.346 e. The number of carbonyl (C=O) groups excluding carboxylic acids is 1. The van der Waals surface area contributed by atoms with Crippen molar-refractivity contribution < 1.29 is 4.79 Å². The highest BCUT2D eigenvalue weighted by Gasteiger charge is 2.19. The van der Waals surface area contributed by atoms with Crippen molar-refractivity contribution in [2.75, 3.05) is 5.32 Å². The van der Waals surface area contributed by atoms with E-state index in [0.29, 0.717) is 6.42 Å². The predicted molar refractivity (Wildman–Crippen MR) is 103 cm³/mol. The van der Waals surface area contributed by atoms with E-state index < -0.39 is 0 Å². The maximum atomic E-state index is 12.6. The summed E-state index contributed by atoms with van der Waals surface area (Å²) in [6.07, 6.45) is 5.42. The van der Waals surface area contributed by atoms with Crippen molar-refractivity contribution >= 4 is 11.6 Å². The summed E-state index contributed by atoms with van der Waals surface area (Å²) >= 11 is 0. The smallest absolute Gasteiger partial charge is 0.226 e. The summed E-state index contributed by atoms with van der Waals surface area (Å²) in [5.41, 5.74) is 4.48. The third-order valence-electron chi connectivity index (χ3n) is 4.56. The highest BCUT2D eigenvalue weighted by molar-refractivity contribution is 5.91. The maximum absolute atomic E-state index is 12.6. The monoisotopic (exact) mass is 332 g/mol. The molecule has 1 aromatic heterocycles. The number of benzene rings is 2. The van der Waals surface area contributed by atoms with Crippen LogP contribution < -0.4 is 5.32 Å². The highest BCUT2D eigenvalue weighted by atomic mass is 16.1. The fourth-order valence-electron chi connectivity index (χ4n) is 3.10. The van der Waals surface area contributed by atoms with Crippen LogP contribution in [0.4, 0.5) is 5.69 Å². The zero-order valence-electron chi connectivity index (χ0n) is 14.8. The molecule has 1 N–H and O–H groups in total. The van der Waals surface area contributed by atoms with E-state index in [1.807, 2.05) is 48.8 Å². The molecule has 0 bridgehead atoms. The Kier molecular flexibility index (Phi) is 5.34. The molecule has 0 saturated heterocycles. The Bertz CT molecular complexity index is 819. The van der Waals surface area contributed by atoms with Gasteiger partial charge in [-0.25, -0.2) is 0 Å². The molecule has 3 aromatic rings. The molecule has 1 unspecified atom stereocenters. The summed E-state index contributed by atoms with van der Waals surface area (Å²) in [5.74, 6) is 0.0196. The average molecular weight is 332 g/mol. The lowest BCUT2D eigenvalue weighted by Gasteiger charge is -2.21. The van der Waals surface area contributed by atoms with E-state index in [1.54, 1.807) is 0 Å². The molecule has 0 aliphatic rings. The maximum Gasteiger partial charge on any atom is 0.226 e. The summed E-state index contributed by atoms with van der Waals surface area (Å²) < 4.78 is 2.10. The summed E-state index contributed by atoms with van der Waals surface area (Å²) in [4.78, 5) is 12.6. The van der Waals surface area contributed by atoms with Crippen LogP contribution in [-0.2, 0) is 11.2 Å². The number of aromatic nitrogens is 1. The van der Waals surface area contributed by atoms with Crippen LogP contribution in [0.5, 0.6) is 0 Å². The van der Waals surface area contributed by atoms with Crippen LogP contribution in [0.3, 0.4) is 0 Å². The predicted octanol–water partition coefficient (Wildman–Crippen LogP) is 4.98. The van der Waals surface area contributed by atoms with Crippen molar-refractivity contribution in [3.63, 3.8) is 0 Å². The van der Waals surface area contributed by atoms with Gasteiger partial charge in [0, 0.05) is 18.1 Å². The highest BCUT2D eigenvalue weighted by Crippen LogP contribution is 2.26. The van der Waals surface area contributed by atoms with Gasteiger partial charge in [0.25, 0.3) is 0 Å². The Balaban J connectivity index is 1.78. The molecule has 0 spiro atoms. The van der Waals surface area contributed by atoms with Gasteiger partial charge in [0.15, 0.2) is 0 Å². The van der Waals surface area contributed by atoms with Gasteiger partial charge < -0.3 is 9.88 Å². The number of anilines is 1. The molecule has 1 atom stereocenters. The molecule has 3 heteroatoms. The zero-order chi connectivity index (χ0) is 17.6. The van der Waals surface area contributed by atoms with Gasteiger partial charge in [0.05, 0.1) is 12.5 Å². The van der Waals surface area contributed by atoms with Gasteiger partial charge in [-0.05, 0) is 54.3 Å². The number of nitrogens with one attached hydrogen (secondary N) is 1. The minimum absolute atomic E-state index is 0.00823. The van der Waals surface area contributed by atoms with Gasteiger partial charge in [0.1, 0.15) is 0 Å². The van der Waals surface area contributed by atoms with E-state index in [1.165, 1.54) is 16.7 Å². The quantitative estimate of drug-likeness (QED) is 0.679. The second kappa shape index (κ2) is 7.84. The second-order valence-electron chi connectivity index (χ2n) is 6.31. The van der Waals surface area contributed by atoms with Gasteiger partial charge in [-0.1, -0.05) is 43.3 Å². The van der Waals surface area contributed by atoms with Crippen LogP contribution >= 0.6 is 0 Å². The molecule has 1 amide bonds. The SMILES string of the molecule is CCc1ccc(NC(=O)CC(c2ccccc2C)n2cccc2)cc1. The van der Waals surface area contributed by atoms with Crippen molar-refractivity contribution in [2.24, 2.45) is 0 Å². The first-order valence-corrected chi connectivity index (χ1v) is 8.74. The molecule has 0 aliphatic carbocycles. The Morgan fingerprint density at radius 3 is 2.32 bits per heavy atom. The molecule has 2 aromatic carbocycles. The van der Waals surface area contributed by atoms with Crippen LogP contribution in [0.1, 0.15) is 36.1 Å². The third-order valence-corrected chi connectivity index (χ3v) is 4.56. The van der Waals surface area contributed by atoms with Gasteiger partial charge in [0.2, 0.25) is 5.91 Å². The Morgan fingerprint density at radius 2 is 1.68 bits per heavy atom. The molecular weight excluding hydrogens is 308 g/mol. The first-order chi connectivity index (χ1) is 12.2. The fraction of sp³-hybridized carbons (Fsp3) is 0.227. The van der Waals surface area contributed by atoms with Crippen LogP contribution in [0.15, 0.2) is 73.1 Å². The van der Waals surface area contributed by atoms with Crippen LogP contribution in [0.2, 0.25) is 0 Å². The van der Waals surface area contributed by atoms with E-state index in [9.17, 15) is 4.79 Å². The standard InChI is InChI=1S/C22H24N2O/c1-3-18-10-12-19(13-11-18)23-22(25)16-21(24-14-6-7-15-24)20-9-5-4-8-17(20)2/h4-15,21H,3,16H2,1-2H3,(H,23,25). The summed E-state index contributed by atoms with van der Waals surface area (Å²) in [6, 6.07) is 20.3. The van der Waals surface area contributed by atoms with Gasteiger partial charge >= 0.3 is 0 Å². The molecule has 0 radical (unpaired) electrons. The van der Waals surface area contributed by atoms with Crippen molar-refractivity contribution in [3.8, 4) is 0 Å². The van der Waals surface area contributed by atoms with Crippen LogP contribution in [-0.4, -0.2) is 10.5 Å². The fourth-order valence-corrected chi connectivity index (χ4v) is 3.10. The molecule has 128 valence electrons. The van der Waals surface area contributed by atoms with E-state index in [2.05, 4.69) is 48.0 Å². The van der Waals surface area contributed by atoms with E-state index >= 15 is 0 Å². The lowest BCUT2D eigenvalue weighted by molar-refractivity contribution is -0.116. The molecule has 0 saturated carbocycles. The Labute approximate surface area is 149 Å². The topological polar surface area (TPSA) is 34.0 Å². The Hall–Kier alpha value is -2.81. The number of hydrogen-bond donors (Lipinski definition) is 1. The number of amides is 1. The van der Waals surface area contributed by atoms with Gasteiger partial charge in [-0.3, -0.25) is 4.79 Å². The van der Waals surface area contributed by atoms with Gasteiger partial charge in [-0.15, -0.1) is 0 Å². The summed E-state index contributed by atoms with van der Waals surface area (Å²) in [6.45, 7) is 4.21. The van der Waals surface area contributed by atoms with E-state index in [4.69, 9.17) is 0 Å². The summed E-state index contributed by atoms with van der Waals surface area (Å²) in [5, 5.41) is 3.02. The van der Waals surface area contributed by atoms with Crippen molar-refractivity contribution in [2.45, 2.75) is 32.7 Å². The second-order valence-corrected chi connectivity index (χ2v) is 6.31.